The average molecular weight is 390 g/mol. The number of nitrogens with one attached hydrogen (secondary N) is 2. The zero-order valence-electron chi connectivity index (χ0n) is 13.4. The third-order valence-electron chi connectivity index (χ3n) is 3.13. The highest BCUT2D eigenvalue weighted by molar-refractivity contribution is 5.33. The van der Waals surface area contributed by atoms with Crippen LogP contribution in [-0.4, -0.2) is 18.3 Å². The molecule has 0 saturated heterocycles. The summed E-state index contributed by atoms with van der Waals surface area (Å²) in [6.45, 7) is 0. The van der Waals surface area contributed by atoms with Gasteiger partial charge in [0.2, 0.25) is 12.2 Å². The van der Waals surface area contributed by atoms with Crippen LogP contribution in [0.4, 0.5) is 26.3 Å². The summed E-state index contributed by atoms with van der Waals surface area (Å²) in [5, 5.41) is 10.8. The van der Waals surface area contributed by atoms with Crippen LogP contribution in [0.3, 0.4) is 0 Å². The van der Waals surface area contributed by atoms with E-state index in [9.17, 15) is 26.3 Å². The van der Waals surface area contributed by atoms with Crippen molar-refractivity contribution in [2.24, 2.45) is 0 Å². The van der Waals surface area contributed by atoms with E-state index in [-0.39, 0.29) is 0 Å². The van der Waals surface area contributed by atoms with Gasteiger partial charge >= 0.3 is 12.1 Å². The second kappa shape index (κ2) is 10.1. The minimum atomic E-state index is -5.77. The second-order valence-electron chi connectivity index (χ2n) is 4.67. The molecule has 0 aliphatic rings. The van der Waals surface area contributed by atoms with Gasteiger partial charge in [0, 0.05) is 11.1 Å². The first-order valence-electron chi connectivity index (χ1n) is 6.86. The molecular weight excluding hydrogens is 378 g/mol. The number of hydrogen-bond acceptors (Lipinski definition) is 4. The Balaban J connectivity index is 0.000000997. The van der Waals surface area contributed by atoms with Crippen molar-refractivity contribution in [3.63, 3.8) is 0 Å². The first-order chi connectivity index (χ1) is 12.5. The molecule has 0 radical (unpaired) electrons. The summed E-state index contributed by atoms with van der Waals surface area (Å²) in [5.41, 5.74) is -6.97. The lowest BCUT2D eigenvalue weighted by molar-refractivity contribution is -0.314. The quantitative estimate of drug-likeness (QED) is 0.439. The number of isocyanates is 2. The van der Waals surface area contributed by atoms with Crippen LogP contribution < -0.4 is 0 Å². The van der Waals surface area contributed by atoms with Gasteiger partial charge in [-0.2, -0.15) is 22.0 Å². The molecule has 0 heterocycles. The summed E-state index contributed by atoms with van der Waals surface area (Å²) in [5.74, 6) is -4.76. The first kappa shape index (κ1) is 23.8. The molecule has 2 rings (SSSR count). The van der Waals surface area contributed by atoms with Crippen LogP contribution in [0.5, 0.6) is 0 Å². The van der Waals surface area contributed by atoms with Gasteiger partial charge in [0.05, 0.1) is 0 Å². The van der Waals surface area contributed by atoms with E-state index in [0.29, 0.717) is 12.1 Å². The standard InChI is InChI=1S/C15H10F6.2CHNO/c16-13(15(19,20)21,11-7-3-1-4-8-11)14(17,18)12-9-5-2-6-10-12;2*2-1-3/h1-10H;2*2H. The van der Waals surface area contributed by atoms with Crippen LogP contribution >= 0.6 is 0 Å². The van der Waals surface area contributed by atoms with Crippen LogP contribution in [0.25, 0.3) is 0 Å². The van der Waals surface area contributed by atoms with Crippen molar-refractivity contribution in [1.29, 1.82) is 10.8 Å². The van der Waals surface area contributed by atoms with E-state index in [0.717, 1.165) is 48.6 Å². The van der Waals surface area contributed by atoms with E-state index in [2.05, 4.69) is 0 Å². The molecule has 0 aromatic heterocycles. The number of halogens is 6. The van der Waals surface area contributed by atoms with Crippen LogP contribution in [0.15, 0.2) is 60.7 Å². The molecule has 2 aromatic carbocycles. The molecule has 2 aromatic rings. The number of rotatable bonds is 3. The van der Waals surface area contributed by atoms with Gasteiger partial charge in [0.25, 0.3) is 5.67 Å². The SMILES string of the molecule is FC(F)(F)C(F)(c1ccccc1)C(F)(F)c1ccccc1.N=C=O.N=C=O. The summed E-state index contributed by atoms with van der Waals surface area (Å²) in [6, 6.07) is 10.0. The van der Waals surface area contributed by atoms with Gasteiger partial charge in [-0.25, -0.2) is 24.8 Å². The Morgan fingerprint density at radius 2 is 0.926 bits per heavy atom. The topological polar surface area (TPSA) is 81.8 Å². The predicted molar refractivity (Wildman–Crippen MR) is 82.4 cm³/mol. The highest BCUT2D eigenvalue weighted by atomic mass is 19.4. The van der Waals surface area contributed by atoms with Gasteiger partial charge in [-0.15, -0.1) is 0 Å². The van der Waals surface area contributed by atoms with Crippen molar-refractivity contribution in [3.8, 4) is 0 Å². The average Bonchev–Trinajstić information content (AvgIpc) is 2.63. The maximum atomic E-state index is 14.6. The van der Waals surface area contributed by atoms with E-state index in [1.165, 1.54) is 12.1 Å². The van der Waals surface area contributed by atoms with Crippen molar-refractivity contribution in [2.75, 3.05) is 0 Å². The molecule has 10 heteroatoms. The molecule has 1 atom stereocenters. The number of benzene rings is 2. The lowest BCUT2D eigenvalue weighted by Gasteiger charge is -2.35. The molecule has 4 nitrogen and oxygen atoms in total. The van der Waals surface area contributed by atoms with Crippen molar-refractivity contribution in [2.45, 2.75) is 17.8 Å². The zero-order chi connectivity index (χ0) is 21.1. The predicted octanol–water partition coefficient (Wildman–Crippen LogP) is 5.01. The molecule has 1 unspecified atom stereocenters. The van der Waals surface area contributed by atoms with Gasteiger partial charge < -0.3 is 0 Å². The molecule has 0 spiro atoms. The van der Waals surface area contributed by atoms with Gasteiger partial charge in [0.15, 0.2) is 0 Å². The number of carbonyl (C=O) groups excluding carboxylic acids is 2. The van der Waals surface area contributed by atoms with Gasteiger partial charge in [-0.3, -0.25) is 0 Å². The first-order valence-corrected chi connectivity index (χ1v) is 6.86. The van der Waals surface area contributed by atoms with Crippen molar-refractivity contribution >= 4 is 12.2 Å². The summed E-state index contributed by atoms with van der Waals surface area (Å²) in [7, 11) is 0. The Morgan fingerprint density at radius 3 is 1.22 bits per heavy atom. The van der Waals surface area contributed by atoms with Crippen LogP contribution in [0.1, 0.15) is 11.1 Å². The lowest BCUT2D eigenvalue weighted by atomic mass is 9.84. The normalized spacial score (nSPS) is 12.7. The van der Waals surface area contributed by atoms with Gasteiger partial charge in [0.1, 0.15) is 0 Å². The highest BCUT2D eigenvalue weighted by Crippen LogP contribution is 2.56. The van der Waals surface area contributed by atoms with Crippen molar-refractivity contribution in [3.05, 3.63) is 71.8 Å². The largest absolute Gasteiger partial charge is 0.433 e. The van der Waals surface area contributed by atoms with E-state index >= 15 is 0 Å². The molecule has 0 amide bonds. The van der Waals surface area contributed by atoms with E-state index < -0.39 is 28.9 Å². The smallest absolute Gasteiger partial charge is 0.222 e. The Morgan fingerprint density at radius 1 is 0.630 bits per heavy atom. The summed E-state index contributed by atoms with van der Waals surface area (Å²) in [4.78, 5) is 16.7. The monoisotopic (exact) mass is 390 g/mol. The van der Waals surface area contributed by atoms with E-state index in [1.54, 1.807) is 0 Å². The summed E-state index contributed by atoms with van der Waals surface area (Å²) < 4.78 is 82.6. The Kier molecular flexibility index (Phi) is 8.86. The van der Waals surface area contributed by atoms with E-state index in [1.807, 2.05) is 0 Å². The third-order valence-corrected chi connectivity index (χ3v) is 3.13. The molecular formula is C17H12F6N2O2. The fraction of sp³-hybridized carbons (Fsp3) is 0.176. The molecule has 0 bridgehead atoms. The molecule has 0 aliphatic carbocycles. The van der Waals surface area contributed by atoms with Crippen molar-refractivity contribution < 1.29 is 35.9 Å². The Bertz CT molecular complexity index is 757. The van der Waals surface area contributed by atoms with Gasteiger partial charge in [-0.05, 0) is 0 Å². The maximum Gasteiger partial charge on any atom is 0.433 e. The van der Waals surface area contributed by atoms with Crippen LogP contribution in [0, 0.1) is 10.8 Å². The third kappa shape index (κ3) is 5.37. The highest BCUT2D eigenvalue weighted by Gasteiger charge is 2.72. The summed E-state index contributed by atoms with van der Waals surface area (Å²) in [6.07, 6.45) is -4.27. The minimum Gasteiger partial charge on any atom is -0.222 e. The molecule has 27 heavy (non-hydrogen) atoms. The van der Waals surface area contributed by atoms with Crippen molar-refractivity contribution in [1.82, 2.24) is 0 Å². The second-order valence-corrected chi connectivity index (χ2v) is 4.67. The molecule has 2 N–H and O–H groups in total. The number of alkyl halides is 6. The molecule has 0 saturated carbocycles. The Hall–Kier alpha value is -3.22. The fourth-order valence-electron chi connectivity index (χ4n) is 2.04. The molecule has 0 fully saturated rings. The van der Waals surface area contributed by atoms with Crippen LogP contribution in [-0.2, 0) is 21.2 Å². The van der Waals surface area contributed by atoms with E-state index in [4.69, 9.17) is 20.4 Å². The summed E-state index contributed by atoms with van der Waals surface area (Å²) >= 11 is 0. The van der Waals surface area contributed by atoms with Gasteiger partial charge in [-0.1, -0.05) is 60.7 Å². The maximum absolute atomic E-state index is 14.6. The van der Waals surface area contributed by atoms with Crippen LogP contribution in [0.2, 0.25) is 0 Å². The minimum absolute atomic E-state index is 0.699. The Labute approximate surface area is 149 Å². The fourth-order valence-corrected chi connectivity index (χ4v) is 2.04. The lowest BCUT2D eigenvalue weighted by Crippen LogP contribution is -2.50. The zero-order valence-corrected chi connectivity index (χ0v) is 13.4. The molecule has 144 valence electrons. The molecule has 0 aliphatic heterocycles. The number of hydrogen-bond donors (Lipinski definition) is 2.